The smallest absolute Gasteiger partial charge is 0.215 e. The zero-order valence-corrected chi connectivity index (χ0v) is 11.9. The average Bonchev–Trinajstić information content (AvgIpc) is 2.98. The largest absolute Gasteiger partial charge is 0.481 e. The molecule has 20 heavy (non-hydrogen) atoms. The van der Waals surface area contributed by atoms with Crippen LogP contribution >= 0.6 is 0 Å². The molecule has 3 rings (SSSR count). The summed E-state index contributed by atoms with van der Waals surface area (Å²) in [5.41, 5.74) is 6.77. The van der Waals surface area contributed by atoms with Crippen molar-refractivity contribution in [2.75, 3.05) is 57.1 Å². The Morgan fingerprint density at radius 2 is 2.10 bits per heavy atom. The fraction of sp³-hybridized carbons (Fsp3) is 0.643. The Labute approximate surface area is 119 Å². The van der Waals surface area contributed by atoms with Crippen molar-refractivity contribution >= 4 is 11.5 Å². The van der Waals surface area contributed by atoms with Crippen molar-refractivity contribution in [3.05, 3.63) is 12.1 Å². The quantitative estimate of drug-likeness (QED) is 0.873. The molecule has 0 radical (unpaired) electrons. The van der Waals surface area contributed by atoms with Gasteiger partial charge in [0.2, 0.25) is 5.88 Å². The highest BCUT2D eigenvalue weighted by Crippen LogP contribution is 2.28. The van der Waals surface area contributed by atoms with Gasteiger partial charge in [-0.3, -0.25) is 4.90 Å². The van der Waals surface area contributed by atoms with Crippen LogP contribution in [0.3, 0.4) is 0 Å². The fourth-order valence-electron chi connectivity index (χ4n) is 2.98. The minimum absolute atomic E-state index is 0.575. The molecule has 6 nitrogen and oxygen atoms in total. The van der Waals surface area contributed by atoms with Gasteiger partial charge < -0.3 is 20.1 Å². The molecule has 110 valence electrons. The lowest BCUT2D eigenvalue weighted by atomic mass is 10.2. The second kappa shape index (κ2) is 5.85. The summed E-state index contributed by atoms with van der Waals surface area (Å²) in [5.74, 6) is 1.46. The number of pyridine rings is 1. The van der Waals surface area contributed by atoms with E-state index >= 15 is 0 Å². The molecular weight excluding hydrogens is 256 g/mol. The molecule has 0 saturated carbocycles. The Morgan fingerprint density at radius 1 is 1.30 bits per heavy atom. The number of hydrogen-bond acceptors (Lipinski definition) is 6. The number of methoxy groups -OCH3 is 1. The first-order valence-corrected chi connectivity index (χ1v) is 7.15. The van der Waals surface area contributed by atoms with Gasteiger partial charge in [-0.05, 0) is 12.5 Å². The molecule has 0 aliphatic carbocycles. The maximum Gasteiger partial charge on any atom is 0.215 e. The van der Waals surface area contributed by atoms with E-state index in [-0.39, 0.29) is 0 Å². The highest BCUT2D eigenvalue weighted by Gasteiger charge is 2.30. The lowest BCUT2D eigenvalue weighted by molar-refractivity contribution is 0.0209. The third-order valence-corrected chi connectivity index (χ3v) is 4.11. The number of hydrogen-bond donors (Lipinski definition) is 1. The molecule has 6 heteroatoms. The van der Waals surface area contributed by atoms with Crippen molar-refractivity contribution in [1.82, 2.24) is 9.88 Å². The van der Waals surface area contributed by atoms with E-state index in [9.17, 15) is 0 Å². The predicted octanol–water partition coefficient (Wildman–Crippen LogP) is 0.583. The van der Waals surface area contributed by atoms with Crippen LogP contribution in [-0.4, -0.2) is 62.4 Å². The van der Waals surface area contributed by atoms with Gasteiger partial charge in [-0.15, -0.1) is 0 Å². The zero-order valence-electron chi connectivity index (χ0n) is 11.9. The van der Waals surface area contributed by atoms with Crippen LogP contribution < -0.4 is 15.4 Å². The average molecular weight is 278 g/mol. The van der Waals surface area contributed by atoms with Gasteiger partial charge in [-0.2, -0.15) is 4.98 Å². The normalized spacial score (nSPS) is 24.1. The van der Waals surface area contributed by atoms with Gasteiger partial charge in [0.15, 0.2) is 5.82 Å². The Balaban J connectivity index is 1.70. The molecule has 2 fully saturated rings. The number of ether oxygens (including phenoxy) is 2. The maximum absolute atomic E-state index is 6.05. The molecule has 2 aliphatic heterocycles. The molecule has 1 unspecified atom stereocenters. The number of morpholine rings is 1. The Morgan fingerprint density at radius 3 is 2.85 bits per heavy atom. The summed E-state index contributed by atoms with van der Waals surface area (Å²) in [5, 5.41) is 0. The van der Waals surface area contributed by atoms with Gasteiger partial charge >= 0.3 is 0 Å². The number of nitrogen functional groups attached to an aromatic ring is 1. The number of nitrogens with two attached hydrogens (primary N) is 1. The summed E-state index contributed by atoms with van der Waals surface area (Å²) in [6.07, 6.45) is 1.15. The van der Waals surface area contributed by atoms with Crippen molar-refractivity contribution < 1.29 is 9.47 Å². The topological polar surface area (TPSA) is 63.9 Å². The van der Waals surface area contributed by atoms with Crippen LogP contribution in [0.5, 0.6) is 5.88 Å². The number of anilines is 2. The van der Waals surface area contributed by atoms with Crippen molar-refractivity contribution in [3.63, 3.8) is 0 Å². The van der Waals surface area contributed by atoms with Crippen LogP contribution in [0.4, 0.5) is 11.5 Å². The summed E-state index contributed by atoms with van der Waals surface area (Å²) in [7, 11) is 1.63. The second-order valence-electron chi connectivity index (χ2n) is 5.30. The van der Waals surface area contributed by atoms with Crippen LogP contribution in [0.15, 0.2) is 12.1 Å². The van der Waals surface area contributed by atoms with Crippen LogP contribution in [0.2, 0.25) is 0 Å². The molecule has 2 N–H and O–H groups in total. The molecule has 0 amide bonds. The molecule has 1 atom stereocenters. The highest BCUT2D eigenvalue weighted by atomic mass is 16.5. The number of nitrogens with zero attached hydrogens (tertiary/aromatic N) is 3. The van der Waals surface area contributed by atoms with E-state index < -0.39 is 0 Å². The van der Waals surface area contributed by atoms with Crippen LogP contribution in [0.25, 0.3) is 0 Å². The summed E-state index contributed by atoms with van der Waals surface area (Å²) in [6, 6.07) is 4.24. The first-order valence-electron chi connectivity index (χ1n) is 7.15. The van der Waals surface area contributed by atoms with Gasteiger partial charge in [-0.25, -0.2) is 0 Å². The predicted molar refractivity (Wildman–Crippen MR) is 78.2 cm³/mol. The fourth-order valence-corrected chi connectivity index (χ4v) is 2.98. The summed E-state index contributed by atoms with van der Waals surface area (Å²) >= 11 is 0. The third-order valence-electron chi connectivity index (χ3n) is 4.11. The van der Waals surface area contributed by atoms with E-state index in [1.807, 2.05) is 6.07 Å². The molecule has 2 aliphatic rings. The second-order valence-corrected chi connectivity index (χ2v) is 5.30. The number of rotatable bonds is 3. The van der Waals surface area contributed by atoms with Gasteiger partial charge in [0.05, 0.1) is 26.0 Å². The minimum atomic E-state index is 0.575. The number of aromatic nitrogens is 1. The van der Waals surface area contributed by atoms with E-state index in [4.69, 9.17) is 15.2 Å². The third kappa shape index (κ3) is 2.66. The molecule has 3 heterocycles. The molecular formula is C14H22N4O2. The minimum Gasteiger partial charge on any atom is -0.481 e. The van der Waals surface area contributed by atoms with Gasteiger partial charge in [0, 0.05) is 38.3 Å². The van der Waals surface area contributed by atoms with E-state index in [1.165, 1.54) is 0 Å². The van der Waals surface area contributed by atoms with E-state index in [2.05, 4.69) is 14.8 Å². The van der Waals surface area contributed by atoms with Gasteiger partial charge in [0.25, 0.3) is 0 Å². The standard InChI is InChI=1S/C14H22N4O2/c1-19-13-3-2-12(15)14(16-13)18-5-4-11(10-18)17-6-8-20-9-7-17/h2-3,11H,4-10,15H2,1H3. The molecule has 0 aromatic carbocycles. The van der Waals surface area contributed by atoms with Crippen molar-refractivity contribution in [2.24, 2.45) is 0 Å². The maximum atomic E-state index is 6.05. The molecule has 1 aromatic rings. The summed E-state index contributed by atoms with van der Waals surface area (Å²) < 4.78 is 10.6. The van der Waals surface area contributed by atoms with E-state index in [0.717, 1.165) is 51.6 Å². The SMILES string of the molecule is COc1ccc(N)c(N2CCC(N3CCOCC3)C2)n1. The van der Waals surface area contributed by atoms with Crippen LogP contribution in [0, 0.1) is 0 Å². The monoisotopic (exact) mass is 278 g/mol. The summed E-state index contributed by atoms with van der Waals surface area (Å²) in [4.78, 5) is 9.26. The van der Waals surface area contributed by atoms with Crippen LogP contribution in [-0.2, 0) is 4.74 Å². The van der Waals surface area contributed by atoms with Crippen LogP contribution in [0.1, 0.15) is 6.42 Å². The van der Waals surface area contributed by atoms with Gasteiger partial charge in [-0.1, -0.05) is 0 Å². The first-order chi connectivity index (χ1) is 9.78. The molecule has 0 bridgehead atoms. The zero-order chi connectivity index (χ0) is 13.9. The van der Waals surface area contributed by atoms with Crippen molar-refractivity contribution in [1.29, 1.82) is 0 Å². The lowest BCUT2D eigenvalue weighted by Gasteiger charge is -2.32. The Bertz CT molecular complexity index is 462. The Kier molecular flexibility index (Phi) is 3.93. The van der Waals surface area contributed by atoms with Crippen molar-refractivity contribution in [3.8, 4) is 5.88 Å². The Hall–Kier alpha value is -1.53. The van der Waals surface area contributed by atoms with Crippen molar-refractivity contribution in [2.45, 2.75) is 12.5 Å². The van der Waals surface area contributed by atoms with E-state index in [0.29, 0.717) is 17.6 Å². The lowest BCUT2D eigenvalue weighted by Crippen LogP contribution is -2.44. The molecule has 2 saturated heterocycles. The summed E-state index contributed by atoms with van der Waals surface area (Å²) in [6.45, 7) is 5.71. The molecule has 0 spiro atoms. The highest BCUT2D eigenvalue weighted by molar-refractivity contribution is 5.64. The first kappa shape index (κ1) is 13.5. The van der Waals surface area contributed by atoms with E-state index in [1.54, 1.807) is 13.2 Å². The molecule has 1 aromatic heterocycles. The van der Waals surface area contributed by atoms with Gasteiger partial charge in [0.1, 0.15) is 0 Å².